The van der Waals surface area contributed by atoms with Gasteiger partial charge in [0.1, 0.15) is 11.5 Å². The number of halogens is 1. The van der Waals surface area contributed by atoms with Crippen molar-refractivity contribution in [2.45, 2.75) is 26.3 Å². The largest absolute Gasteiger partial charge is 0.457 e. The molecule has 0 saturated carbocycles. The van der Waals surface area contributed by atoms with Crippen LogP contribution in [0.5, 0.6) is 11.5 Å². The Labute approximate surface area is 119 Å². The molecule has 0 aromatic heterocycles. The molecule has 0 aliphatic heterocycles. The zero-order chi connectivity index (χ0) is 13.8. The van der Waals surface area contributed by atoms with E-state index in [1.807, 2.05) is 49.4 Å². The average molecular weight is 276 g/mol. The molecule has 3 heteroatoms. The van der Waals surface area contributed by atoms with Crippen molar-refractivity contribution >= 4 is 11.6 Å². The molecule has 2 aromatic rings. The second-order valence-electron chi connectivity index (χ2n) is 4.57. The Kier molecular flexibility index (Phi) is 4.46. The minimum Gasteiger partial charge on any atom is -0.457 e. The number of para-hydroxylation sites is 1. The van der Waals surface area contributed by atoms with Crippen LogP contribution in [-0.4, -0.2) is 0 Å². The Morgan fingerprint density at radius 2 is 1.95 bits per heavy atom. The molecular formula is C16H18ClNO. The molecule has 2 N–H and O–H groups in total. The molecule has 0 radical (unpaired) electrons. The Morgan fingerprint density at radius 1 is 1.21 bits per heavy atom. The van der Waals surface area contributed by atoms with Crippen molar-refractivity contribution in [3.05, 3.63) is 58.6 Å². The van der Waals surface area contributed by atoms with E-state index in [9.17, 15) is 0 Å². The lowest BCUT2D eigenvalue weighted by Gasteiger charge is -2.15. The van der Waals surface area contributed by atoms with Crippen LogP contribution in [0, 0.1) is 6.92 Å². The molecule has 0 spiro atoms. The van der Waals surface area contributed by atoms with Crippen LogP contribution in [-0.2, 0) is 0 Å². The van der Waals surface area contributed by atoms with Gasteiger partial charge in [0.05, 0.1) is 0 Å². The normalized spacial score (nSPS) is 12.2. The molecule has 0 unspecified atom stereocenters. The molecule has 2 rings (SSSR count). The lowest BCUT2D eigenvalue weighted by Crippen LogP contribution is -2.09. The third-order valence-corrected chi connectivity index (χ3v) is 3.54. The van der Waals surface area contributed by atoms with Crippen LogP contribution >= 0.6 is 11.6 Å². The molecule has 2 aromatic carbocycles. The van der Waals surface area contributed by atoms with Gasteiger partial charge in [-0.3, -0.25) is 0 Å². The second kappa shape index (κ2) is 6.09. The fourth-order valence-electron chi connectivity index (χ4n) is 1.91. The van der Waals surface area contributed by atoms with Crippen LogP contribution in [0.4, 0.5) is 0 Å². The number of hydrogen-bond donors (Lipinski definition) is 1. The third-order valence-electron chi connectivity index (χ3n) is 3.12. The SMILES string of the molecule is CC[C@H](N)c1ccccc1Oc1ccc(Cl)c(C)c1. The van der Waals surface area contributed by atoms with Crippen LogP contribution in [0.25, 0.3) is 0 Å². The number of rotatable bonds is 4. The number of ether oxygens (including phenoxy) is 1. The first-order valence-corrected chi connectivity index (χ1v) is 6.78. The molecule has 19 heavy (non-hydrogen) atoms. The number of nitrogens with two attached hydrogens (primary N) is 1. The zero-order valence-corrected chi connectivity index (χ0v) is 11.9. The van der Waals surface area contributed by atoms with Gasteiger partial charge in [0.15, 0.2) is 0 Å². The monoisotopic (exact) mass is 275 g/mol. The van der Waals surface area contributed by atoms with Crippen LogP contribution in [0.1, 0.15) is 30.5 Å². The van der Waals surface area contributed by atoms with E-state index in [0.717, 1.165) is 34.1 Å². The second-order valence-corrected chi connectivity index (χ2v) is 4.97. The summed E-state index contributed by atoms with van der Waals surface area (Å²) in [6.07, 6.45) is 0.875. The van der Waals surface area contributed by atoms with Gasteiger partial charge in [0.2, 0.25) is 0 Å². The predicted octanol–water partition coefficient (Wildman–Crippen LogP) is 4.85. The first-order valence-electron chi connectivity index (χ1n) is 6.40. The highest BCUT2D eigenvalue weighted by Crippen LogP contribution is 2.31. The molecule has 2 nitrogen and oxygen atoms in total. The molecule has 0 amide bonds. The van der Waals surface area contributed by atoms with Crippen molar-refractivity contribution in [1.29, 1.82) is 0 Å². The van der Waals surface area contributed by atoms with Crippen LogP contribution in [0.2, 0.25) is 5.02 Å². The smallest absolute Gasteiger partial charge is 0.132 e. The van der Waals surface area contributed by atoms with Crippen LogP contribution in [0.3, 0.4) is 0 Å². The van der Waals surface area contributed by atoms with E-state index in [1.165, 1.54) is 0 Å². The van der Waals surface area contributed by atoms with Crippen molar-refractivity contribution in [1.82, 2.24) is 0 Å². The maximum Gasteiger partial charge on any atom is 0.132 e. The zero-order valence-electron chi connectivity index (χ0n) is 11.2. The minimum atomic E-state index is -0.00963. The van der Waals surface area contributed by atoms with E-state index in [1.54, 1.807) is 0 Å². The van der Waals surface area contributed by atoms with Gasteiger partial charge in [-0.2, -0.15) is 0 Å². The quantitative estimate of drug-likeness (QED) is 0.866. The highest BCUT2D eigenvalue weighted by Gasteiger charge is 2.10. The lowest BCUT2D eigenvalue weighted by molar-refractivity contribution is 0.468. The van der Waals surface area contributed by atoms with Gasteiger partial charge in [-0.15, -0.1) is 0 Å². The third kappa shape index (κ3) is 3.28. The first-order chi connectivity index (χ1) is 9.11. The molecule has 0 heterocycles. The molecule has 0 saturated heterocycles. The predicted molar refractivity (Wildman–Crippen MR) is 79.9 cm³/mol. The Bertz CT molecular complexity index is 568. The molecule has 0 aliphatic carbocycles. The molecule has 100 valence electrons. The average Bonchev–Trinajstić information content (AvgIpc) is 2.43. The summed E-state index contributed by atoms with van der Waals surface area (Å²) in [5, 5.41) is 0.742. The molecule has 1 atom stereocenters. The van der Waals surface area contributed by atoms with Gasteiger partial charge in [0, 0.05) is 16.6 Å². The standard InChI is InChI=1S/C16H18ClNO/c1-3-15(18)13-6-4-5-7-16(13)19-12-8-9-14(17)11(2)10-12/h4-10,15H,3,18H2,1-2H3/t15-/m0/s1. The number of benzene rings is 2. The fraction of sp³-hybridized carbons (Fsp3) is 0.250. The topological polar surface area (TPSA) is 35.2 Å². The number of hydrogen-bond acceptors (Lipinski definition) is 2. The van der Waals surface area contributed by atoms with E-state index >= 15 is 0 Å². The van der Waals surface area contributed by atoms with Crippen LogP contribution in [0.15, 0.2) is 42.5 Å². The maximum absolute atomic E-state index is 6.10. The Hall–Kier alpha value is -1.51. The van der Waals surface area contributed by atoms with Crippen LogP contribution < -0.4 is 10.5 Å². The van der Waals surface area contributed by atoms with Gasteiger partial charge in [-0.25, -0.2) is 0 Å². The summed E-state index contributed by atoms with van der Waals surface area (Å²) < 4.78 is 5.93. The van der Waals surface area contributed by atoms with Crippen molar-refractivity contribution in [2.75, 3.05) is 0 Å². The fourth-order valence-corrected chi connectivity index (χ4v) is 2.02. The van der Waals surface area contributed by atoms with E-state index in [-0.39, 0.29) is 6.04 Å². The van der Waals surface area contributed by atoms with E-state index in [2.05, 4.69) is 6.92 Å². The molecular weight excluding hydrogens is 258 g/mol. The molecule has 0 aliphatic rings. The number of aryl methyl sites for hydroxylation is 1. The highest BCUT2D eigenvalue weighted by atomic mass is 35.5. The lowest BCUT2D eigenvalue weighted by atomic mass is 10.0. The molecule has 0 bridgehead atoms. The van der Waals surface area contributed by atoms with Gasteiger partial charge < -0.3 is 10.5 Å². The minimum absolute atomic E-state index is 0.00963. The van der Waals surface area contributed by atoms with Gasteiger partial charge in [0.25, 0.3) is 0 Å². The van der Waals surface area contributed by atoms with E-state index in [4.69, 9.17) is 22.1 Å². The Morgan fingerprint density at radius 3 is 2.63 bits per heavy atom. The summed E-state index contributed by atoms with van der Waals surface area (Å²) in [5.41, 5.74) is 8.12. The van der Waals surface area contributed by atoms with Gasteiger partial charge in [-0.1, -0.05) is 36.7 Å². The summed E-state index contributed by atoms with van der Waals surface area (Å²) in [7, 11) is 0. The van der Waals surface area contributed by atoms with Crippen molar-refractivity contribution < 1.29 is 4.74 Å². The maximum atomic E-state index is 6.10. The van der Waals surface area contributed by atoms with Crippen molar-refractivity contribution in [3.63, 3.8) is 0 Å². The van der Waals surface area contributed by atoms with Crippen molar-refractivity contribution in [2.24, 2.45) is 5.73 Å². The van der Waals surface area contributed by atoms with E-state index in [0.29, 0.717) is 0 Å². The van der Waals surface area contributed by atoms with Gasteiger partial charge >= 0.3 is 0 Å². The van der Waals surface area contributed by atoms with E-state index < -0.39 is 0 Å². The highest BCUT2D eigenvalue weighted by molar-refractivity contribution is 6.31. The first kappa shape index (κ1) is 13.9. The summed E-state index contributed by atoms with van der Waals surface area (Å²) in [6, 6.07) is 13.5. The van der Waals surface area contributed by atoms with Gasteiger partial charge in [-0.05, 0) is 43.2 Å². The Balaban J connectivity index is 2.30. The molecule has 0 fully saturated rings. The summed E-state index contributed by atoms with van der Waals surface area (Å²) in [4.78, 5) is 0. The summed E-state index contributed by atoms with van der Waals surface area (Å²) in [6.45, 7) is 4.02. The van der Waals surface area contributed by atoms with Crippen molar-refractivity contribution in [3.8, 4) is 11.5 Å². The summed E-state index contributed by atoms with van der Waals surface area (Å²) >= 11 is 6.01. The summed E-state index contributed by atoms with van der Waals surface area (Å²) in [5.74, 6) is 1.58.